The van der Waals surface area contributed by atoms with Gasteiger partial charge in [0.15, 0.2) is 5.78 Å². The summed E-state index contributed by atoms with van der Waals surface area (Å²) in [5.74, 6) is -1.89. The number of allylic oxidation sites excluding steroid dienone is 2. The maximum Gasteiger partial charge on any atom is 0.163 e. The van der Waals surface area contributed by atoms with Crippen molar-refractivity contribution in [3.63, 3.8) is 0 Å². The molecule has 5 heteroatoms. The molecule has 1 fully saturated rings. The fourth-order valence-electron chi connectivity index (χ4n) is 4.53. The van der Waals surface area contributed by atoms with Crippen molar-refractivity contribution in [3.05, 3.63) is 33.2 Å². The number of aliphatic hydroxyl groups is 1. The maximum atomic E-state index is 13.0. The molecule has 0 bridgehead atoms. The van der Waals surface area contributed by atoms with E-state index in [2.05, 4.69) is 0 Å². The average molecular weight is 389 g/mol. The Morgan fingerprint density at radius 1 is 0.963 bits per heavy atom. The number of carbonyl (C=O) groups is 3. The average Bonchev–Trinajstić information content (AvgIpc) is 2.87. The molecule has 0 unspecified atom stereocenters. The van der Waals surface area contributed by atoms with Crippen molar-refractivity contribution in [2.24, 2.45) is 16.7 Å². The standard InChI is InChI=1S/C22H28O4S/c1-12-6-7-17(27-12)20(18-13(23)8-21(2,3)9-14(18)24)19-15(25)10-22(4,5)11-16(19)26/h6-7,18,20,25H,8-11H2,1-5H3/t20-/m0/s1. The molecule has 2 aliphatic rings. The molecule has 146 valence electrons. The highest BCUT2D eigenvalue weighted by molar-refractivity contribution is 7.12. The Bertz CT molecular complexity index is 820. The summed E-state index contributed by atoms with van der Waals surface area (Å²) < 4.78 is 0. The minimum Gasteiger partial charge on any atom is -0.512 e. The van der Waals surface area contributed by atoms with Crippen molar-refractivity contribution in [2.45, 2.75) is 66.2 Å². The first-order valence-corrected chi connectivity index (χ1v) is 10.3. The quantitative estimate of drug-likeness (QED) is 0.746. The van der Waals surface area contributed by atoms with Crippen LogP contribution in [0, 0.1) is 23.7 Å². The van der Waals surface area contributed by atoms with E-state index in [0.717, 1.165) is 9.75 Å². The first-order valence-electron chi connectivity index (χ1n) is 9.47. The van der Waals surface area contributed by atoms with Gasteiger partial charge in [-0.2, -0.15) is 0 Å². The molecule has 1 aromatic rings. The smallest absolute Gasteiger partial charge is 0.163 e. The summed E-state index contributed by atoms with van der Waals surface area (Å²) in [4.78, 5) is 40.8. The van der Waals surface area contributed by atoms with E-state index < -0.39 is 11.8 Å². The third-order valence-electron chi connectivity index (χ3n) is 5.61. The number of aliphatic hydroxyl groups excluding tert-OH is 1. The van der Waals surface area contributed by atoms with Crippen molar-refractivity contribution in [1.82, 2.24) is 0 Å². The van der Waals surface area contributed by atoms with Gasteiger partial charge in [0.1, 0.15) is 17.3 Å². The second-order valence-corrected chi connectivity index (χ2v) is 11.0. The van der Waals surface area contributed by atoms with Gasteiger partial charge in [-0.05, 0) is 29.9 Å². The molecule has 0 aliphatic heterocycles. The highest BCUT2D eigenvalue weighted by Gasteiger charge is 2.48. The fourth-order valence-corrected chi connectivity index (χ4v) is 5.55. The zero-order valence-corrected chi connectivity index (χ0v) is 17.5. The van der Waals surface area contributed by atoms with E-state index in [4.69, 9.17) is 0 Å². The molecule has 1 saturated carbocycles. The second kappa shape index (κ2) is 6.69. The minimum atomic E-state index is -0.876. The Balaban J connectivity index is 2.13. The van der Waals surface area contributed by atoms with E-state index in [9.17, 15) is 19.5 Å². The molecular formula is C22H28O4S. The van der Waals surface area contributed by atoms with Crippen LogP contribution in [0.15, 0.2) is 23.5 Å². The lowest BCUT2D eigenvalue weighted by molar-refractivity contribution is -0.140. The summed E-state index contributed by atoms with van der Waals surface area (Å²) in [6.45, 7) is 9.70. The molecule has 0 aromatic carbocycles. The van der Waals surface area contributed by atoms with Gasteiger partial charge in [0.2, 0.25) is 0 Å². The summed E-state index contributed by atoms with van der Waals surface area (Å²) >= 11 is 1.49. The van der Waals surface area contributed by atoms with Gasteiger partial charge in [-0.25, -0.2) is 0 Å². The Morgan fingerprint density at radius 2 is 1.52 bits per heavy atom. The molecular weight excluding hydrogens is 360 g/mol. The van der Waals surface area contributed by atoms with E-state index >= 15 is 0 Å². The first kappa shape index (κ1) is 20.0. The SMILES string of the molecule is Cc1ccc([C@H](C2=C(O)CC(C)(C)CC2=O)C2C(=O)CC(C)(C)CC2=O)s1. The summed E-state index contributed by atoms with van der Waals surface area (Å²) in [6, 6.07) is 3.82. The van der Waals surface area contributed by atoms with E-state index in [0.29, 0.717) is 25.7 Å². The van der Waals surface area contributed by atoms with Crippen molar-refractivity contribution in [1.29, 1.82) is 0 Å². The molecule has 0 radical (unpaired) electrons. The number of hydrogen-bond donors (Lipinski definition) is 1. The summed E-state index contributed by atoms with van der Waals surface area (Å²) in [7, 11) is 0. The Kier molecular flexibility index (Phi) is 4.96. The maximum absolute atomic E-state index is 13.0. The van der Waals surface area contributed by atoms with Gasteiger partial charge in [-0.15, -0.1) is 11.3 Å². The van der Waals surface area contributed by atoms with Crippen LogP contribution < -0.4 is 0 Å². The number of rotatable bonds is 3. The number of Topliss-reactive ketones (excluding diaryl/α,β-unsaturated/α-hetero) is 3. The number of carbonyl (C=O) groups excluding carboxylic acids is 3. The van der Waals surface area contributed by atoms with Crippen molar-refractivity contribution < 1.29 is 19.5 Å². The molecule has 1 aromatic heterocycles. The lowest BCUT2D eigenvalue weighted by atomic mass is 9.64. The third-order valence-corrected chi connectivity index (χ3v) is 6.69. The van der Waals surface area contributed by atoms with Crippen LogP contribution in [0.1, 0.15) is 69.1 Å². The monoisotopic (exact) mass is 388 g/mol. The highest BCUT2D eigenvalue weighted by atomic mass is 32.1. The molecule has 4 nitrogen and oxygen atoms in total. The van der Waals surface area contributed by atoms with E-state index in [1.165, 1.54) is 11.3 Å². The Hall–Kier alpha value is -1.75. The van der Waals surface area contributed by atoms with Crippen molar-refractivity contribution in [3.8, 4) is 0 Å². The van der Waals surface area contributed by atoms with Gasteiger partial charge >= 0.3 is 0 Å². The molecule has 27 heavy (non-hydrogen) atoms. The lowest BCUT2D eigenvalue weighted by Gasteiger charge is -2.38. The topological polar surface area (TPSA) is 71.4 Å². The van der Waals surface area contributed by atoms with Crippen LogP contribution in [0.5, 0.6) is 0 Å². The van der Waals surface area contributed by atoms with E-state index in [1.54, 1.807) is 0 Å². The van der Waals surface area contributed by atoms with Crippen molar-refractivity contribution >= 4 is 28.7 Å². The van der Waals surface area contributed by atoms with Gasteiger partial charge in [0, 0.05) is 46.9 Å². The molecule has 0 amide bonds. The normalized spacial score (nSPS) is 24.4. The third kappa shape index (κ3) is 3.93. The Labute approximate surface area is 164 Å². The van der Waals surface area contributed by atoms with Crippen LogP contribution in [-0.2, 0) is 14.4 Å². The first-order chi connectivity index (χ1) is 12.4. The van der Waals surface area contributed by atoms with E-state index in [-0.39, 0.29) is 39.5 Å². The predicted molar refractivity (Wildman–Crippen MR) is 106 cm³/mol. The van der Waals surface area contributed by atoms with Gasteiger partial charge in [-0.3, -0.25) is 14.4 Å². The van der Waals surface area contributed by atoms with Crippen LogP contribution in [0.2, 0.25) is 0 Å². The summed E-state index contributed by atoms with van der Waals surface area (Å²) in [6.07, 6.45) is 1.33. The molecule has 0 spiro atoms. The van der Waals surface area contributed by atoms with Crippen LogP contribution in [0.4, 0.5) is 0 Å². The number of ketones is 3. The van der Waals surface area contributed by atoms with Gasteiger partial charge in [0.05, 0.1) is 5.92 Å². The van der Waals surface area contributed by atoms with Crippen LogP contribution in [0.25, 0.3) is 0 Å². The molecule has 2 aliphatic carbocycles. The minimum absolute atomic E-state index is 0.0396. The number of aryl methyl sites for hydroxylation is 1. The van der Waals surface area contributed by atoms with Gasteiger partial charge in [-0.1, -0.05) is 27.7 Å². The molecule has 1 N–H and O–H groups in total. The van der Waals surface area contributed by atoms with Gasteiger partial charge in [0.25, 0.3) is 0 Å². The zero-order valence-electron chi connectivity index (χ0n) is 16.7. The van der Waals surface area contributed by atoms with Gasteiger partial charge < -0.3 is 5.11 Å². The molecule has 0 saturated heterocycles. The van der Waals surface area contributed by atoms with Crippen LogP contribution in [-0.4, -0.2) is 22.5 Å². The predicted octanol–water partition coefficient (Wildman–Crippen LogP) is 4.92. The Morgan fingerprint density at radius 3 is 2.00 bits per heavy atom. The van der Waals surface area contributed by atoms with Crippen molar-refractivity contribution in [2.75, 3.05) is 0 Å². The summed E-state index contributed by atoms with van der Waals surface area (Å²) in [5.41, 5.74) is -0.388. The zero-order chi connectivity index (χ0) is 20.1. The fraction of sp³-hybridized carbons (Fsp3) is 0.591. The number of thiophene rings is 1. The van der Waals surface area contributed by atoms with Crippen LogP contribution >= 0.6 is 11.3 Å². The molecule has 1 heterocycles. The second-order valence-electron chi connectivity index (χ2n) is 9.66. The number of hydrogen-bond acceptors (Lipinski definition) is 5. The van der Waals surface area contributed by atoms with E-state index in [1.807, 2.05) is 46.8 Å². The molecule has 1 atom stereocenters. The molecule has 3 rings (SSSR count). The lowest BCUT2D eigenvalue weighted by Crippen LogP contribution is -2.42. The van der Waals surface area contributed by atoms with Crippen LogP contribution in [0.3, 0.4) is 0 Å². The largest absolute Gasteiger partial charge is 0.512 e. The highest BCUT2D eigenvalue weighted by Crippen LogP contribution is 2.48. The summed E-state index contributed by atoms with van der Waals surface area (Å²) in [5, 5.41) is 10.8.